The van der Waals surface area contributed by atoms with Crippen LogP contribution in [-0.2, 0) is 20.1 Å². The quantitative estimate of drug-likeness (QED) is 0.757. The van der Waals surface area contributed by atoms with E-state index in [1.165, 1.54) is 9.13 Å². The zero-order valence-corrected chi connectivity index (χ0v) is 14.3. The number of hydrogen-bond donors (Lipinski definition) is 1. The highest BCUT2D eigenvalue weighted by Crippen LogP contribution is 2.18. The van der Waals surface area contributed by atoms with Crippen molar-refractivity contribution in [1.82, 2.24) is 18.7 Å². The van der Waals surface area contributed by atoms with Crippen LogP contribution in [0.4, 0.5) is 5.95 Å². The lowest BCUT2D eigenvalue weighted by Gasteiger charge is -2.14. The Hall–Kier alpha value is -3.16. The molecule has 0 radical (unpaired) electrons. The summed E-state index contributed by atoms with van der Waals surface area (Å²) >= 11 is 0. The summed E-state index contributed by atoms with van der Waals surface area (Å²) in [5.74, 6) is 0.473. The van der Waals surface area contributed by atoms with Crippen molar-refractivity contribution >= 4 is 22.8 Å². The van der Waals surface area contributed by atoms with Crippen LogP contribution in [0.3, 0.4) is 0 Å². The molecule has 8 nitrogen and oxygen atoms in total. The summed E-state index contributed by atoms with van der Waals surface area (Å²) in [4.78, 5) is 30.2. The van der Waals surface area contributed by atoms with Crippen LogP contribution in [-0.4, -0.2) is 24.4 Å². The van der Waals surface area contributed by atoms with Gasteiger partial charge in [0.2, 0.25) is 5.95 Å². The summed E-state index contributed by atoms with van der Waals surface area (Å²) in [7, 11) is 1.63. The van der Waals surface area contributed by atoms with Gasteiger partial charge in [-0.1, -0.05) is 24.3 Å². The van der Waals surface area contributed by atoms with Crippen molar-refractivity contribution in [3.63, 3.8) is 0 Å². The minimum Gasteiger partial charge on any atom is -0.297 e. The van der Waals surface area contributed by atoms with Crippen molar-refractivity contribution < 1.29 is 0 Å². The van der Waals surface area contributed by atoms with Crippen LogP contribution in [0.2, 0.25) is 0 Å². The average molecular weight is 338 g/mol. The lowest BCUT2D eigenvalue weighted by molar-refractivity contribution is 0.652. The number of aryl methyl sites for hydroxylation is 2. The van der Waals surface area contributed by atoms with Crippen LogP contribution in [0.1, 0.15) is 18.1 Å². The Kier molecular flexibility index (Phi) is 3.34. The molecular formula is C17H18N6O2. The number of hydrogen-bond acceptors (Lipinski definition) is 5. The van der Waals surface area contributed by atoms with Gasteiger partial charge in [-0.15, -0.1) is 0 Å². The fraction of sp³-hybridized carbons (Fsp3) is 0.294. The normalized spacial score (nSPS) is 13.5. The van der Waals surface area contributed by atoms with Gasteiger partial charge in [-0.25, -0.2) is 10.2 Å². The third-order valence-electron chi connectivity index (χ3n) is 4.56. The summed E-state index contributed by atoms with van der Waals surface area (Å²) in [6.07, 6.45) is 0. The van der Waals surface area contributed by atoms with Gasteiger partial charge >= 0.3 is 5.69 Å². The maximum Gasteiger partial charge on any atom is 0.332 e. The first kappa shape index (κ1) is 15.4. The fourth-order valence-corrected chi connectivity index (χ4v) is 3.12. The Morgan fingerprint density at radius 1 is 1.20 bits per heavy atom. The summed E-state index contributed by atoms with van der Waals surface area (Å²) < 4.78 is 4.45. The molecule has 4 rings (SSSR count). The first-order chi connectivity index (χ1) is 12.0. The molecule has 3 aromatic rings. The third-order valence-corrected chi connectivity index (χ3v) is 4.56. The summed E-state index contributed by atoms with van der Waals surface area (Å²) in [5.41, 5.74) is 5.70. The molecule has 1 N–H and O–H groups in total. The second kappa shape index (κ2) is 5.44. The van der Waals surface area contributed by atoms with E-state index in [0.717, 1.165) is 16.8 Å². The van der Waals surface area contributed by atoms with Gasteiger partial charge in [0, 0.05) is 7.05 Å². The number of rotatable bonds is 2. The number of nitrogens with one attached hydrogen (secondary N) is 1. The number of imidazole rings is 1. The third kappa shape index (κ3) is 2.29. The molecule has 1 aliphatic heterocycles. The van der Waals surface area contributed by atoms with Crippen LogP contribution in [0.5, 0.6) is 0 Å². The number of nitrogens with zero attached hydrogens (tertiary/aromatic N) is 5. The molecule has 0 saturated heterocycles. The molecule has 128 valence electrons. The Balaban J connectivity index is 1.98. The van der Waals surface area contributed by atoms with E-state index in [-0.39, 0.29) is 17.8 Å². The molecule has 0 saturated carbocycles. The van der Waals surface area contributed by atoms with Gasteiger partial charge in [0.05, 0.1) is 18.8 Å². The number of fused-ring (bicyclic) bond motifs is 3. The molecule has 0 unspecified atom stereocenters. The topological polar surface area (TPSA) is 86.2 Å². The minimum atomic E-state index is -0.381. The van der Waals surface area contributed by atoms with Gasteiger partial charge in [-0.3, -0.25) is 18.5 Å². The summed E-state index contributed by atoms with van der Waals surface area (Å²) in [5, 5.41) is 4.14. The Labute approximate surface area is 143 Å². The van der Waals surface area contributed by atoms with Gasteiger partial charge in [0.1, 0.15) is 0 Å². The van der Waals surface area contributed by atoms with Crippen molar-refractivity contribution in [2.45, 2.75) is 26.9 Å². The first-order valence-electron chi connectivity index (χ1n) is 8.01. The van der Waals surface area contributed by atoms with E-state index in [1.807, 2.05) is 38.1 Å². The standard InChI is InChI=1S/C17H18N6O2/c1-10-6-4-5-7-12(10)9-23-15(24)13-14(21(3)17(23)25)18-16-20-19-11(2)8-22(13)16/h4-7H,8-9H2,1-3H3,(H,18,20). The van der Waals surface area contributed by atoms with Crippen molar-refractivity contribution in [3.05, 3.63) is 56.2 Å². The average Bonchev–Trinajstić information content (AvgIpc) is 2.97. The smallest absolute Gasteiger partial charge is 0.297 e. The summed E-state index contributed by atoms with van der Waals surface area (Å²) in [6.45, 7) is 4.54. The molecule has 0 spiro atoms. The zero-order chi connectivity index (χ0) is 17.7. The molecule has 0 bridgehead atoms. The molecule has 1 aromatic carbocycles. The molecular weight excluding hydrogens is 320 g/mol. The van der Waals surface area contributed by atoms with E-state index in [9.17, 15) is 9.59 Å². The number of benzene rings is 1. The Bertz CT molecular complexity index is 1150. The minimum absolute atomic E-state index is 0.231. The van der Waals surface area contributed by atoms with E-state index in [2.05, 4.69) is 15.5 Å². The number of aromatic nitrogens is 4. The Morgan fingerprint density at radius 3 is 2.72 bits per heavy atom. The van der Waals surface area contributed by atoms with E-state index in [1.54, 1.807) is 11.6 Å². The fourth-order valence-electron chi connectivity index (χ4n) is 3.12. The second-order valence-electron chi connectivity index (χ2n) is 6.31. The second-order valence-corrected chi connectivity index (χ2v) is 6.31. The first-order valence-corrected chi connectivity index (χ1v) is 8.01. The van der Waals surface area contributed by atoms with Gasteiger partial charge in [-0.05, 0) is 25.0 Å². The van der Waals surface area contributed by atoms with Crippen molar-refractivity contribution in [2.24, 2.45) is 12.1 Å². The van der Waals surface area contributed by atoms with Crippen molar-refractivity contribution in [2.75, 3.05) is 5.43 Å². The van der Waals surface area contributed by atoms with Crippen LogP contribution < -0.4 is 16.7 Å². The molecule has 25 heavy (non-hydrogen) atoms. The lowest BCUT2D eigenvalue weighted by Crippen LogP contribution is -2.40. The highest BCUT2D eigenvalue weighted by Gasteiger charge is 2.22. The van der Waals surface area contributed by atoms with Crippen LogP contribution >= 0.6 is 0 Å². The highest BCUT2D eigenvalue weighted by molar-refractivity contribution is 5.87. The molecule has 0 fully saturated rings. The van der Waals surface area contributed by atoms with Gasteiger partial charge in [0.25, 0.3) is 5.56 Å². The molecule has 2 aromatic heterocycles. The van der Waals surface area contributed by atoms with Crippen LogP contribution in [0.25, 0.3) is 11.2 Å². The predicted octanol–water partition coefficient (Wildman–Crippen LogP) is 1.05. The molecule has 3 heterocycles. The van der Waals surface area contributed by atoms with E-state index >= 15 is 0 Å². The van der Waals surface area contributed by atoms with Crippen LogP contribution in [0, 0.1) is 6.92 Å². The SMILES string of the molecule is CC1=NNc2nc3c(c(=O)n(Cc4ccccc4C)c(=O)n3C)n2C1. The van der Waals surface area contributed by atoms with E-state index in [0.29, 0.717) is 23.7 Å². The molecule has 0 aliphatic carbocycles. The number of hydrazone groups is 1. The molecule has 1 aliphatic rings. The lowest BCUT2D eigenvalue weighted by atomic mass is 10.1. The van der Waals surface area contributed by atoms with E-state index < -0.39 is 0 Å². The van der Waals surface area contributed by atoms with Gasteiger partial charge < -0.3 is 0 Å². The number of anilines is 1. The molecule has 0 atom stereocenters. The highest BCUT2D eigenvalue weighted by atomic mass is 16.2. The maximum absolute atomic E-state index is 13.1. The zero-order valence-electron chi connectivity index (χ0n) is 14.3. The van der Waals surface area contributed by atoms with E-state index in [4.69, 9.17) is 0 Å². The maximum atomic E-state index is 13.1. The molecule has 8 heteroatoms. The van der Waals surface area contributed by atoms with Gasteiger partial charge in [-0.2, -0.15) is 10.1 Å². The predicted molar refractivity (Wildman–Crippen MR) is 96.2 cm³/mol. The monoisotopic (exact) mass is 338 g/mol. The Morgan fingerprint density at radius 2 is 1.96 bits per heavy atom. The largest absolute Gasteiger partial charge is 0.332 e. The summed E-state index contributed by atoms with van der Waals surface area (Å²) in [6, 6.07) is 7.73. The molecule has 0 amide bonds. The van der Waals surface area contributed by atoms with Crippen molar-refractivity contribution in [1.29, 1.82) is 0 Å². The van der Waals surface area contributed by atoms with Crippen LogP contribution in [0.15, 0.2) is 39.0 Å². The van der Waals surface area contributed by atoms with Crippen molar-refractivity contribution in [3.8, 4) is 0 Å². The van der Waals surface area contributed by atoms with Gasteiger partial charge in [0.15, 0.2) is 11.2 Å².